The topological polar surface area (TPSA) is 79.3 Å². The number of para-hydroxylation sites is 1. The minimum Gasteiger partial charge on any atom is -0.506 e. The van der Waals surface area contributed by atoms with Gasteiger partial charge < -0.3 is 5.11 Å². The first kappa shape index (κ1) is 22.6. The average Bonchev–Trinajstić information content (AvgIpc) is 2.80. The Balaban J connectivity index is 1.83. The van der Waals surface area contributed by atoms with Crippen LogP contribution in [-0.4, -0.2) is 18.5 Å². The summed E-state index contributed by atoms with van der Waals surface area (Å²) in [5, 5.41) is 11.9. The lowest BCUT2D eigenvalue weighted by Gasteiger charge is -2.17. The molecule has 3 aromatic carbocycles. The number of phenolic OH excluding ortho intramolecular Hbond substituents is 1. The van der Waals surface area contributed by atoms with E-state index in [0.717, 1.165) is 27.9 Å². The fourth-order valence-corrected chi connectivity index (χ4v) is 5.52. The van der Waals surface area contributed by atoms with E-state index in [-0.39, 0.29) is 16.3 Å². The summed E-state index contributed by atoms with van der Waals surface area (Å²) in [5.41, 5.74) is 1.60. The number of aromatic nitrogens is 1. The van der Waals surface area contributed by atoms with Gasteiger partial charge in [0.05, 0.1) is 21.0 Å². The lowest BCUT2D eigenvalue weighted by molar-refractivity contribution is 0.461. The molecule has 0 saturated carbocycles. The summed E-state index contributed by atoms with van der Waals surface area (Å²) in [6, 6.07) is 15.7. The second-order valence-electron chi connectivity index (χ2n) is 7.00. The van der Waals surface area contributed by atoms with Crippen molar-refractivity contribution >= 4 is 50.5 Å². The normalized spacial score (nSPS) is 11.3. The molecule has 0 amide bonds. The van der Waals surface area contributed by atoms with Crippen LogP contribution in [0.1, 0.15) is 11.1 Å². The first-order valence-electron chi connectivity index (χ1n) is 9.79. The summed E-state index contributed by atoms with van der Waals surface area (Å²) < 4.78 is 42.0. The molecule has 0 bridgehead atoms. The molecular formula is C25H19FN2O3S2. The van der Waals surface area contributed by atoms with Gasteiger partial charge in [-0.2, -0.15) is 0 Å². The Kier molecular flexibility index (Phi) is 6.22. The maximum Gasteiger partial charge on any atom is 0.262 e. The highest BCUT2D eigenvalue weighted by molar-refractivity contribution is 7.99. The Labute approximate surface area is 195 Å². The summed E-state index contributed by atoms with van der Waals surface area (Å²) in [4.78, 5) is 5.38. The lowest BCUT2D eigenvalue weighted by Crippen LogP contribution is -2.14. The number of hydrogen-bond donors (Lipinski definition) is 2. The van der Waals surface area contributed by atoms with Gasteiger partial charge in [-0.15, -0.1) is 0 Å². The molecule has 8 heteroatoms. The highest BCUT2D eigenvalue weighted by atomic mass is 32.2. The number of benzene rings is 3. The summed E-state index contributed by atoms with van der Waals surface area (Å²) in [6.45, 7) is 7.49. The van der Waals surface area contributed by atoms with E-state index in [1.807, 2.05) is 30.3 Å². The average molecular weight is 479 g/mol. The maximum atomic E-state index is 13.6. The van der Waals surface area contributed by atoms with Gasteiger partial charge in [-0.05, 0) is 36.4 Å². The minimum absolute atomic E-state index is 0.0634. The summed E-state index contributed by atoms with van der Waals surface area (Å²) >= 11 is 1.24. The number of anilines is 1. The zero-order valence-corrected chi connectivity index (χ0v) is 19.0. The number of hydrogen-bond acceptors (Lipinski definition) is 5. The summed E-state index contributed by atoms with van der Waals surface area (Å²) in [7, 11) is -4.11. The van der Waals surface area contributed by atoms with Crippen LogP contribution in [0, 0.1) is 5.82 Å². The first-order chi connectivity index (χ1) is 15.8. The largest absolute Gasteiger partial charge is 0.506 e. The molecular weight excluding hydrogens is 459 g/mol. The molecule has 4 rings (SSSR count). The second kappa shape index (κ2) is 9.09. The fraction of sp³-hybridized carbons (Fsp3) is 0. The Bertz CT molecular complexity index is 1500. The molecule has 33 heavy (non-hydrogen) atoms. The van der Waals surface area contributed by atoms with Gasteiger partial charge in [-0.3, -0.25) is 9.71 Å². The van der Waals surface area contributed by atoms with Crippen LogP contribution < -0.4 is 4.72 Å². The van der Waals surface area contributed by atoms with Crippen molar-refractivity contribution in [3.63, 3.8) is 0 Å². The Hall–Kier alpha value is -3.62. The van der Waals surface area contributed by atoms with Crippen LogP contribution in [0.4, 0.5) is 10.1 Å². The van der Waals surface area contributed by atoms with Gasteiger partial charge in [0, 0.05) is 27.6 Å². The van der Waals surface area contributed by atoms with Gasteiger partial charge in [0.15, 0.2) is 0 Å². The van der Waals surface area contributed by atoms with E-state index < -0.39 is 15.8 Å². The molecule has 1 heterocycles. The van der Waals surface area contributed by atoms with E-state index in [1.165, 1.54) is 42.1 Å². The van der Waals surface area contributed by atoms with Crippen LogP contribution in [-0.2, 0) is 10.0 Å². The number of sulfonamides is 1. The van der Waals surface area contributed by atoms with Crippen molar-refractivity contribution < 1.29 is 17.9 Å². The molecule has 166 valence electrons. The molecule has 2 N–H and O–H groups in total. The molecule has 0 saturated heterocycles. The molecule has 0 fully saturated rings. The van der Waals surface area contributed by atoms with Crippen molar-refractivity contribution in [2.45, 2.75) is 14.7 Å². The minimum atomic E-state index is -4.11. The summed E-state index contributed by atoms with van der Waals surface area (Å²) in [5.74, 6) is -0.731. The maximum absolute atomic E-state index is 13.6. The SMILES string of the molecule is C=Cc1c(NS(=O)(=O)c2cccc(F)c2)cc(Sc2cccc3cccnc23)c(O)c1C=C. The van der Waals surface area contributed by atoms with Crippen molar-refractivity contribution in [1.82, 2.24) is 4.98 Å². The molecule has 5 nitrogen and oxygen atoms in total. The van der Waals surface area contributed by atoms with Gasteiger partial charge in [-0.25, -0.2) is 12.8 Å². The van der Waals surface area contributed by atoms with E-state index in [9.17, 15) is 17.9 Å². The molecule has 0 spiro atoms. The van der Waals surface area contributed by atoms with E-state index in [0.29, 0.717) is 16.0 Å². The number of nitrogens with zero attached hydrogens (tertiary/aromatic N) is 1. The number of halogens is 1. The van der Waals surface area contributed by atoms with Gasteiger partial charge in [0.1, 0.15) is 11.6 Å². The molecule has 1 aromatic heterocycles. The van der Waals surface area contributed by atoms with Gasteiger partial charge in [0.25, 0.3) is 10.0 Å². The van der Waals surface area contributed by atoms with Crippen LogP contribution in [0.3, 0.4) is 0 Å². The van der Waals surface area contributed by atoms with Gasteiger partial charge in [-0.1, -0.05) is 61.3 Å². The number of fused-ring (bicyclic) bond motifs is 1. The highest BCUT2D eigenvalue weighted by Crippen LogP contribution is 2.44. The highest BCUT2D eigenvalue weighted by Gasteiger charge is 2.21. The van der Waals surface area contributed by atoms with E-state index in [2.05, 4.69) is 22.9 Å². The molecule has 0 aliphatic heterocycles. The molecule has 0 unspecified atom stereocenters. The Morgan fingerprint density at radius 2 is 1.70 bits per heavy atom. The second-order valence-corrected chi connectivity index (χ2v) is 9.77. The Morgan fingerprint density at radius 1 is 0.970 bits per heavy atom. The standard InChI is InChI=1S/C25H19FN2O3S2/c1-3-19-20(4-2)25(29)23(32-22-12-5-8-16-9-7-13-27-24(16)22)15-21(19)28-33(30,31)18-11-6-10-17(26)14-18/h3-15,28-29H,1-2H2. The van der Waals surface area contributed by atoms with Crippen molar-refractivity contribution in [2.24, 2.45) is 0 Å². The smallest absolute Gasteiger partial charge is 0.262 e. The third-order valence-corrected chi connectivity index (χ3v) is 7.36. The van der Waals surface area contributed by atoms with E-state index in [1.54, 1.807) is 6.20 Å². The van der Waals surface area contributed by atoms with Crippen molar-refractivity contribution in [3.05, 3.63) is 97.0 Å². The van der Waals surface area contributed by atoms with Crippen LogP contribution in [0.5, 0.6) is 5.75 Å². The van der Waals surface area contributed by atoms with Crippen LogP contribution >= 0.6 is 11.8 Å². The zero-order chi connectivity index (χ0) is 23.6. The number of nitrogens with one attached hydrogen (secondary N) is 1. The van der Waals surface area contributed by atoms with Crippen LogP contribution in [0.2, 0.25) is 0 Å². The zero-order valence-electron chi connectivity index (χ0n) is 17.3. The monoisotopic (exact) mass is 478 g/mol. The number of aromatic hydroxyl groups is 1. The molecule has 0 aliphatic carbocycles. The molecule has 0 radical (unpaired) electrons. The first-order valence-corrected chi connectivity index (χ1v) is 12.1. The van der Waals surface area contributed by atoms with E-state index in [4.69, 9.17) is 0 Å². The van der Waals surface area contributed by atoms with Crippen LogP contribution in [0.25, 0.3) is 23.1 Å². The van der Waals surface area contributed by atoms with E-state index >= 15 is 0 Å². The van der Waals surface area contributed by atoms with Crippen molar-refractivity contribution in [1.29, 1.82) is 0 Å². The predicted molar refractivity (Wildman–Crippen MR) is 131 cm³/mol. The fourth-order valence-electron chi connectivity index (χ4n) is 3.39. The summed E-state index contributed by atoms with van der Waals surface area (Å²) in [6.07, 6.45) is 4.53. The number of pyridine rings is 1. The molecule has 4 aromatic rings. The number of phenols is 1. The molecule has 0 atom stereocenters. The van der Waals surface area contributed by atoms with Gasteiger partial charge >= 0.3 is 0 Å². The van der Waals surface area contributed by atoms with Gasteiger partial charge in [0.2, 0.25) is 0 Å². The van der Waals surface area contributed by atoms with Crippen LogP contribution in [0.15, 0.2) is 94.7 Å². The lowest BCUT2D eigenvalue weighted by atomic mass is 10.0. The third-order valence-electron chi connectivity index (χ3n) is 4.92. The third kappa shape index (κ3) is 4.48. The number of rotatable bonds is 7. The Morgan fingerprint density at radius 3 is 2.42 bits per heavy atom. The van der Waals surface area contributed by atoms with Crippen molar-refractivity contribution in [3.8, 4) is 5.75 Å². The predicted octanol–water partition coefficient (Wildman–Crippen LogP) is 6.32. The van der Waals surface area contributed by atoms with Crippen molar-refractivity contribution in [2.75, 3.05) is 4.72 Å². The molecule has 0 aliphatic rings. The quantitative estimate of drug-likeness (QED) is 0.304.